The monoisotopic (exact) mass is 246 g/mol. The minimum atomic E-state index is 0.121. The van der Waals surface area contributed by atoms with Crippen molar-refractivity contribution in [1.82, 2.24) is 4.90 Å². The van der Waals surface area contributed by atoms with Crippen LogP contribution in [0.5, 0.6) is 0 Å². The Morgan fingerprint density at radius 2 is 2.11 bits per heavy atom. The Balaban J connectivity index is 2.12. The van der Waals surface area contributed by atoms with Crippen molar-refractivity contribution in [1.29, 1.82) is 0 Å². The SMILES string of the molecule is Cc1ccc(C(=O)N2CCCC(C)CC2)cc1N. The fourth-order valence-electron chi connectivity index (χ4n) is 2.42. The Morgan fingerprint density at radius 3 is 2.83 bits per heavy atom. The average Bonchev–Trinajstić information content (AvgIpc) is 2.57. The van der Waals surface area contributed by atoms with Gasteiger partial charge in [0, 0.05) is 24.3 Å². The molecule has 1 aliphatic heterocycles. The van der Waals surface area contributed by atoms with Crippen LogP contribution in [0.4, 0.5) is 5.69 Å². The number of aryl methyl sites for hydroxylation is 1. The second kappa shape index (κ2) is 5.42. The molecule has 18 heavy (non-hydrogen) atoms. The Hall–Kier alpha value is -1.51. The van der Waals surface area contributed by atoms with E-state index in [9.17, 15) is 4.79 Å². The molecule has 1 unspecified atom stereocenters. The van der Waals surface area contributed by atoms with E-state index in [1.807, 2.05) is 24.0 Å². The molecule has 0 radical (unpaired) electrons. The Kier molecular flexibility index (Phi) is 3.90. The van der Waals surface area contributed by atoms with Gasteiger partial charge in [0.2, 0.25) is 0 Å². The Morgan fingerprint density at radius 1 is 1.33 bits per heavy atom. The van der Waals surface area contributed by atoms with Gasteiger partial charge in [0.1, 0.15) is 0 Å². The van der Waals surface area contributed by atoms with Gasteiger partial charge in [0.25, 0.3) is 5.91 Å². The Labute approximate surface area is 109 Å². The fraction of sp³-hybridized carbons (Fsp3) is 0.533. The summed E-state index contributed by atoms with van der Waals surface area (Å²) in [7, 11) is 0. The molecule has 98 valence electrons. The number of likely N-dealkylation sites (tertiary alicyclic amines) is 1. The highest BCUT2D eigenvalue weighted by Gasteiger charge is 2.19. The summed E-state index contributed by atoms with van der Waals surface area (Å²) in [6.07, 6.45) is 3.43. The number of carbonyl (C=O) groups is 1. The first kappa shape index (κ1) is 12.9. The van der Waals surface area contributed by atoms with E-state index >= 15 is 0 Å². The molecular formula is C15H22N2O. The molecule has 1 aromatic rings. The second-order valence-corrected chi connectivity index (χ2v) is 5.40. The number of anilines is 1. The summed E-state index contributed by atoms with van der Waals surface area (Å²) in [5.41, 5.74) is 8.31. The first-order valence-corrected chi connectivity index (χ1v) is 6.73. The number of rotatable bonds is 1. The molecule has 0 aromatic heterocycles. The first-order chi connectivity index (χ1) is 8.58. The van der Waals surface area contributed by atoms with Crippen molar-refractivity contribution in [2.24, 2.45) is 5.92 Å². The summed E-state index contributed by atoms with van der Waals surface area (Å²) >= 11 is 0. The highest BCUT2D eigenvalue weighted by Crippen LogP contribution is 2.20. The van der Waals surface area contributed by atoms with Crippen LogP contribution in [0.25, 0.3) is 0 Å². The Bertz CT molecular complexity index is 442. The van der Waals surface area contributed by atoms with E-state index in [1.54, 1.807) is 6.07 Å². The summed E-state index contributed by atoms with van der Waals surface area (Å²) in [6.45, 7) is 5.96. The van der Waals surface area contributed by atoms with Gasteiger partial charge in [-0.25, -0.2) is 0 Å². The standard InChI is InChI=1S/C15H22N2O/c1-11-4-3-8-17(9-7-11)15(18)13-6-5-12(2)14(16)10-13/h5-6,10-11H,3-4,7-9,16H2,1-2H3. The van der Waals surface area contributed by atoms with Gasteiger partial charge >= 0.3 is 0 Å². The second-order valence-electron chi connectivity index (χ2n) is 5.40. The van der Waals surface area contributed by atoms with Crippen LogP contribution in [-0.2, 0) is 0 Å². The quantitative estimate of drug-likeness (QED) is 0.774. The van der Waals surface area contributed by atoms with Gasteiger partial charge in [-0.1, -0.05) is 13.0 Å². The lowest BCUT2D eigenvalue weighted by Crippen LogP contribution is -2.32. The molecule has 0 aliphatic carbocycles. The number of nitrogens with zero attached hydrogens (tertiary/aromatic N) is 1. The van der Waals surface area contributed by atoms with Crippen LogP contribution in [0.15, 0.2) is 18.2 Å². The summed E-state index contributed by atoms with van der Waals surface area (Å²) < 4.78 is 0. The van der Waals surface area contributed by atoms with Gasteiger partial charge in [-0.3, -0.25) is 4.79 Å². The van der Waals surface area contributed by atoms with Crippen LogP contribution >= 0.6 is 0 Å². The topological polar surface area (TPSA) is 46.3 Å². The lowest BCUT2D eigenvalue weighted by molar-refractivity contribution is 0.0760. The van der Waals surface area contributed by atoms with Crippen molar-refractivity contribution in [3.8, 4) is 0 Å². The van der Waals surface area contributed by atoms with Crippen LogP contribution < -0.4 is 5.73 Å². The molecule has 1 heterocycles. The minimum absolute atomic E-state index is 0.121. The van der Waals surface area contributed by atoms with E-state index < -0.39 is 0 Å². The van der Waals surface area contributed by atoms with Crippen molar-refractivity contribution in [3.05, 3.63) is 29.3 Å². The van der Waals surface area contributed by atoms with Crippen molar-refractivity contribution in [2.75, 3.05) is 18.8 Å². The van der Waals surface area contributed by atoms with Gasteiger partial charge in [-0.2, -0.15) is 0 Å². The number of nitrogen functional groups attached to an aromatic ring is 1. The van der Waals surface area contributed by atoms with Crippen LogP contribution in [-0.4, -0.2) is 23.9 Å². The molecule has 2 rings (SSSR count). The van der Waals surface area contributed by atoms with Crippen LogP contribution in [0.1, 0.15) is 42.1 Å². The molecule has 0 saturated carbocycles. The molecule has 0 bridgehead atoms. The number of carbonyl (C=O) groups excluding carboxylic acids is 1. The molecule has 1 aliphatic rings. The number of hydrogen-bond donors (Lipinski definition) is 1. The number of hydrogen-bond acceptors (Lipinski definition) is 2. The number of nitrogens with two attached hydrogens (primary N) is 1. The number of amides is 1. The molecule has 1 saturated heterocycles. The van der Waals surface area contributed by atoms with Crippen molar-refractivity contribution < 1.29 is 4.79 Å². The average molecular weight is 246 g/mol. The largest absolute Gasteiger partial charge is 0.398 e. The fourth-order valence-corrected chi connectivity index (χ4v) is 2.42. The minimum Gasteiger partial charge on any atom is -0.398 e. The molecular weight excluding hydrogens is 224 g/mol. The first-order valence-electron chi connectivity index (χ1n) is 6.73. The maximum atomic E-state index is 12.4. The molecule has 3 nitrogen and oxygen atoms in total. The lowest BCUT2D eigenvalue weighted by Gasteiger charge is -2.20. The summed E-state index contributed by atoms with van der Waals surface area (Å²) in [4.78, 5) is 14.4. The highest BCUT2D eigenvalue weighted by atomic mass is 16.2. The van der Waals surface area contributed by atoms with Gasteiger partial charge in [0.15, 0.2) is 0 Å². The zero-order valence-corrected chi connectivity index (χ0v) is 11.3. The molecule has 3 heteroatoms. The lowest BCUT2D eigenvalue weighted by atomic mass is 10.0. The van der Waals surface area contributed by atoms with Gasteiger partial charge in [0.05, 0.1) is 0 Å². The molecule has 1 fully saturated rings. The van der Waals surface area contributed by atoms with Gasteiger partial charge in [-0.15, -0.1) is 0 Å². The maximum Gasteiger partial charge on any atom is 0.253 e. The summed E-state index contributed by atoms with van der Waals surface area (Å²) in [5, 5.41) is 0. The normalized spacial score (nSPS) is 20.6. The zero-order valence-electron chi connectivity index (χ0n) is 11.3. The maximum absolute atomic E-state index is 12.4. The van der Waals surface area contributed by atoms with Crippen LogP contribution in [0.3, 0.4) is 0 Å². The van der Waals surface area contributed by atoms with E-state index in [0.29, 0.717) is 11.3 Å². The predicted octanol–water partition coefficient (Wildman–Crippen LogP) is 2.84. The predicted molar refractivity (Wildman–Crippen MR) is 74.5 cm³/mol. The summed E-state index contributed by atoms with van der Waals surface area (Å²) in [5.74, 6) is 0.849. The van der Waals surface area contributed by atoms with E-state index in [4.69, 9.17) is 5.73 Å². The van der Waals surface area contributed by atoms with Gasteiger partial charge < -0.3 is 10.6 Å². The van der Waals surface area contributed by atoms with Crippen molar-refractivity contribution in [3.63, 3.8) is 0 Å². The molecule has 2 N–H and O–H groups in total. The highest BCUT2D eigenvalue weighted by molar-refractivity contribution is 5.95. The molecule has 1 atom stereocenters. The number of benzene rings is 1. The smallest absolute Gasteiger partial charge is 0.253 e. The van der Waals surface area contributed by atoms with E-state index in [1.165, 1.54) is 6.42 Å². The van der Waals surface area contributed by atoms with Crippen LogP contribution in [0.2, 0.25) is 0 Å². The third kappa shape index (κ3) is 2.84. The third-order valence-corrected chi connectivity index (χ3v) is 3.83. The van der Waals surface area contributed by atoms with Crippen molar-refractivity contribution in [2.45, 2.75) is 33.1 Å². The molecule has 0 spiro atoms. The summed E-state index contributed by atoms with van der Waals surface area (Å²) in [6, 6.07) is 5.59. The van der Waals surface area contributed by atoms with E-state index in [0.717, 1.165) is 37.4 Å². The van der Waals surface area contributed by atoms with Crippen molar-refractivity contribution >= 4 is 11.6 Å². The van der Waals surface area contributed by atoms with Crippen LogP contribution in [0, 0.1) is 12.8 Å². The van der Waals surface area contributed by atoms with E-state index in [2.05, 4.69) is 6.92 Å². The third-order valence-electron chi connectivity index (χ3n) is 3.83. The van der Waals surface area contributed by atoms with Gasteiger partial charge in [-0.05, 0) is 49.8 Å². The zero-order chi connectivity index (χ0) is 13.1. The molecule has 1 aromatic carbocycles. The molecule has 1 amide bonds. The van der Waals surface area contributed by atoms with E-state index in [-0.39, 0.29) is 5.91 Å².